The van der Waals surface area contributed by atoms with Crippen LogP contribution in [0.5, 0.6) is 11.5 Å². The van der Waals surface area contributed by atoms with Gasteiger partial charge in [0, 0.05) is 17.8 Å². The smallest absolute Gasteiger partial charge is 0.295 e. The Morgan fingerprint density at radius 1 is 1.27 bits per heavy atom. The van der Waals surface area contributed by atoms with Crippen molar-refractivity contribution in [3.05, 3.63) is 76.1 Å². The van der Waals surface area contributed by atoms with E-state index < -0.39 is 23.0 Å². The Morgan fingerprint density at radius 2 is 2.10 bits per heavy atom. The number of carbonyl (C=O) groups is 1. The molecule has 0 unspecified atom stereocenters. The molecule has 0 aliphatic carbocycles. The number of hydrazone groups is 1. The predicted octanol–water partition coefficient (Wildman–Crippen LogP) is 2.75. The van der Waals surface area contributed by atoms with Gasteiger partial charge in [-0.15, -0.1) is 0 Å². The van der Waals surface area contributed by atoms with Crippen LogP contribution in [0.4, 0.5) is 4.39 Å². The molecule has 0 aliphatic rings. The molecule has 3 rings (SSSR count). The second kappa shape index (κ2) is 9.46. The van der Waals surface area contributed by atoms with Crippen LogP contribution in [-0.2, 0) is 0 Å². The summed E-state index contributed by atoms with van der Waals surface area (Å²) in [6.45, 7) is 2.19. The van der Waals surface area contributed by atoms with Crippen LogP contribution in [0, 0.1) is 5.82 Å². The highest BCUT2D eigenvalue weighted by atomic mass is 19.1. The first-order valence-electron chi connectivity index (χ1n) is 9.01. The summed E-state index contributed by atoms with van der Waals surface area (Å²) >= 11 is 0. The number of hydrogen-bond donors (Lipinski definition) is 2. The summed E-state index contributed by atoms with van der Waals surface area (Å²) in [6.07, 6.45) is 2.63. The molecule has 1 aromatic heterocycles. The van der Waals surface area contributed by atoms with E-state index in [1.54, 1.807) is 37.3 Å². The van der Waals surface area contributed by atoms with Crippen molar-refractivity contribution in [2.45, 2.75) is 6.92 Å². The lowest BCUT2D eigenvalue weighted by atomic mass is 10.1. The standard InChI is InChI=1S/C21H19FN4O4/c1-3-30-15-7-8-16(17(22)10-15)18-12-23-20(27)19(25-18)21(28)26-24-11-13-5-4-6-14(9-13)29-2/h4-12H,3H2,1-2H3,(H,23,27)(H,26,28)/b24-11+. The van der Waals surface area contributed by atoms with Crippen LogP contribution in [0.25, 0.3) is 11.3 Å². The monoisotopic (exact) mass is 410 g/mol. The summed E-state index contributed by atoms with van der Waals surface area (Å²) in [4.78, 5) is 30.8. The number of amides is 1. The average Bonchev–Trinajstić information content (AvgIpc) is 2.75. The van der Waals surface area contributed by atoms with Crippen molar-refractivity contribution in [3.8, 4) is 22.8 Å². The Balaban J connectivity index is 1.80. The zero-order valence-corrected chi connectivity index (χ0v) is 16.3. The minimum atomic E-state index is -0.830. The van der Waals surface area contributed by atoms with Crippen molar-refractivity contribution < 1.29 is 18.7 Å². The van der Waals surface area contributed by atoms with Crippen molar-refractivity contribution >= 4 is 12.1 Å². The topological polar surface area (TPSA) is 106 Å². The molecule has 0 bridgehead atoms. The molecule has 0 aliphatic heterocycles. The van der Waals surface area contributed by atoms with E-state index in [2.05, 4.69) is 20.5 Å². The van der Waals surface area contributed by atoms with Crippen LogP contribution in [0.2, 0.25) is 0 Å². The summed E-state index contributed by atoms with van der Waals surface area (Å²) in [5.74, 6) is -0.423. The minimum Gasteiger partial charge on any atom is -0.497 e. The van der Waals surface area contributed by atoms with E-state index in [1.807, 2.05) is 0 Å². The highest BCUT2D eigenvalue weighted by molar-refractivity contribution is 5.93. The molecule has 1 amide bonds. The summed E-state index contributed by atoms with van der Waals surface area (Å²) < 4.78 is 24.8. The van der Waals surface area contributed by atoms with Crippen LogP contribution in [0.15, 0.2) is 58.6 Å². The Morgan fingerprint density at radius 3 is 2.83 bits per heavy atom. The van der Waals surface area contributed by atoms with E-state index >= 15 is 0 Å². The van der Waals surface area contributed by atoms with E-state index in [4.69, 9.17) is 9.47 Å². The highest BCUT2D eigenvalue weighted by Gasteiger charge is 2.16. The Hall–Kier alpha value is -4.01. The maximum absolute atomic E-state index is 14.4. The molecule has 2 N–H and O–H groups in total. The molecule has 30 heavy (non-hydrogen) atoms. The molecule has 3 aromatic rings. The lowest BCUT2D eigenvalue weighted by Crippen LogP contribution is -2.28. The lowest BCUT2D eigenvalue weighted by molar-refractivity contribution is 0.0948. The quantitative estimate of drug-likeness (QED) is 0.460. The molecule has 0 fully saturated rings. The number of ether oxygens (including phenoxy) is 2. The number of nitrogens with zero attached hydrogens (tertiary/aromatic N) is 2. The van der Waals surface area contributed by atoms with Gasteiger partial charge in [0.25, 0.3) is 11.5 Å². The fourth-order valence-electron chi connectivity index (χ4n) is 2.60. The van der Waals surface area contributed by atoms with Crippen molar-refractivity contribution in [1.29, 1.82) is 0 Å². The molecule has 0 atom stereocenters. The zero-order valence-electron chi connectivity index (χ0n) is 16.3. The Kier molecular flexibility index (Phi) is 6.53. The first kappa shape index (κ1) is 20.7. The fourth-order valence-corrected chi connectivity index (χ4v) is 2.60. The van der Waals surface area contributed by atoms with E-state index in [1.165, 1.54) is 31.7 Å². The van der Waals surface area contributed by atoms with E-state index in [-0.39, 0.29) is 11.3 Å². The summed E-state index contributed by atoms with van der Waals surface area (Å²) in [6, 6.07) is 11.3. The molecule has 0 saturated carbocycles. The molecule has 1 heterocycles. The molecule has 8 nitrogen and oxygen atoms in total. The third kappa shape index (κ3) is 4.88. The van der Waals surface area contributed by atoms with E-state index in [0.717, 1.165) is 0 Å². The first-order valence-corrected chi connectivity index (χ1v) is 9.01. The predicted molar refractivity (Wildman–Crippen MR) is 109 cm³/mol. The Bertz CT molecular complexity index is 1140. The number of hydrogen-bond acceptors (Lipinski definition) is 6. The van der Waals surface area contributed by atoms with Crippen molar-refractivity contribution in [2.75, 3.05) is 13.7 Å². The van der Waals surface area contributed by atoms with Gasteiger partial charge in [-0.3, -0.25) is 9.59 Å². The van der Waals surface area contributed by atoms with Crippen LogP contribution >= 0.6 is 0 Å². The number of carbonyl (C=O) groups excluding carboxylic acids is 1. The van der Waals surface area contributed by atoms with Gasteiger partial charge < -0.3 is 14.5 Å². The number of benzene rings is 2. The maximum Gasteiger partial charge on any atom is 0.295 e. The fraction of sp³-hybridized carbons (Fsp3) is 0.143. The number of methoxy groups -OCH3 is 1. The second-order valence-electron chi connectivity index (χ2n) is 6.01. The number of aromatic amines is 1. The molecule has 154 valence electrons. The van der Waals surface area contributed by atoms with Crippen LogP contribution in [0.3, 0.4) is 0 Å². The number of nitrogens with one attached hydrogen (secondary N) is 2. The van der Waals surface area contributed by atoms with E-state index in [0.29, 0.717) is 23.7 Å². The van der Waals surface area contributed by atoms with Crippen LogP contribution < -0.4 is 20.5 Å². The third-order valence-corrected chi connectivity index (χ3v) is 4.00. The van der Waals surface area contributed by atoms with Crippen LogP contribution in [0.1, 0.15) is 23.0 Å². The summed E-state index contributed by atoms with van der Waals surface area (Å²) in [5.41, 5.74) is 1.97. The van der Waals surface area contributed by atoms with Crippen molar-refractivity contribution in [1.82, 2.24) is 15.4 Å². The SMILES string of the molecule is CCOc1ccc(-c2c[nH]c(=O)c(C(=O)N/N=C/c3cccc(OC)c3)n2)c(F)c1. The van der Waals surface area contributed by atoms with Gasteiger partial charge in [-0.25, -0.2) is 14.8 Å². The normalized spacial score (nSPS) is 10.8. The molecular formula is C21H19FN4O4. The van der Waals surface area contributed by atoms with Gasteiger partial charge in [0.1, 0.15) is 17.3 Å². The molecule has 2 aromatic carbocycles. The summed E-state index contributed by atoms with van der Waals surface area (Å²) in [5, 5.41) is 3.82. The average molecular weight is 410 g/mol. The molecular weight excluding hydrogens is 391 g/mol. The number of H-pyrrole nitrogens is 1. The van der Waals surface area contributed by atoms with Crippen molar-refractivity contribution in [2.24, 2.45) is 5.10 Å². The van der Waals surface area contributed by atoms with Gasteiger partial charge in [0.2, 0.25) is 0 Å². The third-order valence-electron chi connectivity index (χ3n) is 4.00. The van der Waals surface area contributed by atoms with Crippen LogP contribution in [-0.4, -0.2) is 35.8 Å². The first-order chi connectivity index (χ1) is 14.5. The molecule has 0 radical (unpaired) electrons. The van der Waals surface area contributed by atoms with Crippen molar-refractivity contribution in [3.63, 3.8) is 0 Å². The summed E-state index contributed by atoms with van der Waals surface area (Å²) in [7, 11) is 1.54. The van der Waals surface area contributed by atoms with Gasteiger partial charge in [-0.1, -0.05) is 12.1 Å². The lowest BCUT2D eigenvalue weighted by Gasteiger charge is -2.07. The Labute approximate surface area is 171 Å². The highest BCUT2D eigenvalue weighted by Crippen LogP contribution is 2.24. The minimum absolute atomic E-state index is 0.0945. The second-order valence-corrected chi connectivity index (χ2v) is 6.01. The number of rotatable bonds is 7. The van der Waals surface area contributed by atoms with E-state index in [9.17, 15) is 14.0 Å². The maximum atomic E-state index is 14.4. The number of halogens is 1. The largest absolute Gasteiger partial charge is 0.497 e. The molecule has 0 saturated heterocycles. The van der Waals surface area contributed by atoms with Gasteiger partial charge in [0.15, 0.2) is 5.69 Å². The van der Waals surface area contributed by atoms with Gasteiger partial charge >= 0.3 is 0 Å². The molecule has 0 spiro atoms. The zero-order chi connectivity index (χ0) is 21.5. The molecule has 9 heteroatoms. The number of aromatic nitrogens is 2. The van der Waals surface area contributed by atoms with Gasteiger partial charge in [0.05, 0.1) is 25.6 Å². The van der Waals surface area contributed by atoms with Gasteiger partial charge in [-0.2, -0.15) is 5.10 Å². The van der Waals surface area contributed by atoms with Gasteiger partial charge in [-0.05, 0) is 36.8 Å².